The molecule has 1 aliphatic heterocycles. The number of halogens is 2. The van der Waals surface area contributed by atoms with E-state index in [0.717, 1.165) is 21.5 Å². The lowest BCUT2D eigenvalue weighted by Gasteiger charge is -2.27. The highest BCUT2D eigenvalue weighted by Gasteiger charge is 2.42. The Morgan fingerprint density at radius 2 is 2.17 bits per heavy atom. The number of pyridine rings is 1. The van der Waals surface area contributed by atoms with Crippen LogP contribution in [0.2, 0.25) is 0 Å². The quantitative estimate of drug-likeness (QED) is 0.790. The Hall–Kier alpha value is -2.75. The van der Waals surface area contributed by atoms with Gasteiger partial charge in [-0.05, 0) is 32.9 Å². The van der Waals surface area contributed by atoms with Gasteiger partial charge >= 0.3 is 12.7 Å². The van der Waals surface area contributed by atoms with E-state index < -0.39 is 36.4 Å². The summed E-state index contributed by atoms with van der Waals surface area (Å²) in [5.41, 5.74) is 0.854. The van der Waals surface area contributed by atoms with Gasteiger partial charge in [-0.25, -0.2) is 4.79 Å². The number of hydrogen-bond donors (Lipinski definition) is 2. The summed E-state index contributed by atoms with van der Waals surface area (Å²) >= 11 is 0. The van der Waals surface area contributed by atoms with Crippen LogP contribution in [0.15, 0.2) is 24.5 Å². The van der Waals surface area contributed by atoms with Crippen molar-refractivity contribution in [2.45, 2.75) is 58.1 Å². The molecule has 3 heterocycles. The molecule has 3 rings (SSSR count). The smallest absolute Gasteiger partial charge is 0.411 e. The van der Waals surface area contributed by atoms with E-state index >= 15 is 0 Å². The minimum Gasteiger partial charge on any atom is -0.444 e. The number of nitrogens with one attached hydrogen (secondary N) is 2. The molecule has 0 aliphatic carbocycles. The Balaban J connectivity index is 1.68. The number of carbonyl (C=O) groups is 2. The Morgan fingerprint density at radius 3 is 2.83 bits per heavy atom. The second-order valence-corrected chi connectivity index (χ2v) is 7.88. The first-order valence-electron chi connectivity index (χ1n) is 9.25. The molecular weight excluding hydrogens is 386 g/mol. The third-order valence-corrected chi connectivity index (χ3v) is 4.42. The number of alkyl halides is 2. The first-order valence-corrected chi connectivity index (χ1v) is 9.25. The van der Waals surface area contributed by atoms with Gasteiger partial charge in [0.2, 0.25) is 5.91 Å². The molecule has 0 unspecified atom stereocenters. The molecule has 158 valence electrons. The number of aromatic amines is 1. The van der Waals surface area contributed by atoms with Gasteiger partial charge in [-0.2, -0.15) is 8.78 Å². The number of carbonyl (C=O) groups excluding carboxylic acids is 2. The van der Waals surface area contributed by atoms with Gasteiger partial charge in [0, 0.05) is 35.4 Å². The van der Waals surface area contributed by atoms with E-state index in [-0.39, 0.29) is 19.5 Å². The van der Waals surface area contributed by atoms with Crippen LogP contribution in [0.1, 0.15) is 32.9 Å². The van der Waals surface area contributed by atoms with E-state index in [2.05, 4.69) is 20.0 Å². The summed E-state index contributed by atoms with van der Waals surface area (Å²) < 4.78 is 35.1. The first kappa shape index (κ1) is 21.0. The Morgan fingerprint density at radius 1 is 1.41 bits per heavy atom. The average Bonchev–Trinajstić information content (AvgIpc) is 3.21. The number of likely N-dealkylation sites (tertiary alicyclic amines) is 1. The van der Waals surface area contributed by atoms with Gasteiger partial charge in [0.15, 0.2) is 0 Å². The third-order valence-electron chi connectivity index (χ3n) is 4.42. The van der Waals surface area contributed by atoms with E-state index in [9.17, 15) is 18.4 Å². The number of ether oxygens (including phenoxy) is 2. The maximum atomic E-state index is 12.7. The molecule has 29 heavy (non-hydrogen) atoms. The Labute approximate surface area is 166 Å². The van der Waals surface area contributed by atoms with Crippen molar-refractivity contribution in [1.82, 2.24) is 20.2 Å². The zero-order valence-corrected chi connectivity index (χ0v) is 16.4. The van der Waals surface area contributed by atoms with Crippen LogP contribution in [0, 0.1) is 0 Å². The number of fused-ring (bicyclic) bond motifs is 1. The van der Waals surface area contributed by atoms with Crippen molar-refractivity contribution in [3.63, 3.8) is 0 Å². The lowest BCUT2D eigenvalue weighted by atomic mass is 10.2. The number of hydrogen-bond acceptors (Lipinski definition) is 5. The normalized spacial score (nSPS) is 19.7. The van der Waals surface area contributed by atoms with E-state index in [4.69, 9.17) is 4.74 Å². The molecular formula is C19H24F2N4O4. The van der Waals surface area contributed by atoms with Crippen molar-refractivity contribution in [2.24, 2.45) is 0 Å². The van der Waals surface area contributed by atoms with E-state index in [1.54, 1.807) is 33.2 Å². The number of aromatic nitrogens is 2. The molecule has 2 amide bonds. The molecule has 2 aromatic rings. The van der Waals surface area contributed by atoms with E-state index in [0.29, 0.717) is 0 Å². The van der Waals surface area contributed by atoms with E-state index in [1.807, 2.05) is 12.1 Å². The van der Waals surface area contributed by atoms with Crippen LogP contribution in [0.3, 0.4) is 0 Å². The second-order valence-electron chi connectivity index (χ2n) is 7.88. The van der Waals surface area contributed by atoms with Gasteiger partial charge in [0.05, 0.1) is 19.2 Å². The molecule has 0 spiro atoms. The van der Waals surface area contributed by atoms with Crippen molar-refractivity contribution in [1.29, 1.82) is 0 Å². The molecule has 10 heteroatoms. The maximum Gasteiger partial charge on any atom is 0.411 e. The van der Waals surface area contributed by atoms with Gasteiger partial charge in [0.25, 0.3) is 0 Å². The maximum absolute atomic E-state index is 12.7. The summed E-state index contributed by atoms with van der Waals surface area (Å²) in [7, 11) is 0. The zero-order valence-electron chi connectivity index (χ0n) is 16.4. The molecule has 0 bridgehead atoms. The van der Waals surface area contributed by atoms with Gasteiger partial charge in [-0.15, -0.1) is 0 Å². The summed E-state index contributed by atoms with van der Waals surface area (Å²) in [6.45, 7) is 2.12. The van der Waals surface area contributed by atoms with Crippen LogP contribution in [0.4, 0.5) is 13.6 Å². The fourth-order valence-corrected chi connectivity index (χ4v) is 3.24. The molecule has 2 atom stereocenters. The predicted molar refractivity (Wildman–Crippen MR) is 100 cm³/mol. The van der Waals surface area contributed by atoms with Crippen LogP contribution in [0.25, 0.3) is 10.9 Å². The van der Waals surface area contributed by atoms with Crippen molar-refractivity contribution in [3.05, 3.63) is 30.2 Å². The van der Waals surface area contributed by atoms with E-state index in [1.165, 1.54) is 0 Å². The number of H-pyrrole nitrogens is 1. The minimum atomic E-state index is -2.98. The van der Waals surface area contributed by atoms with Crippen molar-refractivity contribution in [2.75, 3.05) is 6.54 Å². The van der Waals surface area contributed by atoms with Crippen molar-refractivity contribution in [3.8, 4) is 0 Å². The second kappa shape index (κ2) is 8.32. The molecule has 0 radical (unpaired) electrons. The molecule has 1 fully saturated rings. The molecule has 2 N–H and O–H groups in total. The number of rotatable bonds is 5. The fourth-order valence-electron chi connectivity index (χ4n) is 3.24. The average molecular weight is 410 g/mol. The highest BCUT2D eigenvalue weighted by atomic mass is 19.3. The van der Waals surface area contributed by atoms with Crippen LogP contribution >= 0.6 is 0 Å². The molecule has 8 nitrogen and oxygen atoms in total. The summed E-state index contributed by atoms with van der Waals surface area (Å²) in [5, 5.41) is 3.64. The van der Waals surface area contributed by atoms with Crippen molar-refractivity contribution < 1.29 is 27.8 Å². The summed E-state index contributed by atoms with van der Waals surface area (Å²) in [6.07, 6.45) is 1.63. The highest BCUT2D eigenvalue weighted by molar-refractivity contribution is 5.86. The molecule has 1 saturated heterocycles. The van der Waals surface area contributed by atoms with Gasteiger partial charge in [-0.1, -0.05) is 0 Å². The topological polar surface area (TPSA) is 96.5 Å². The molecule has 0 saturated carbocycles. The lowest BCUT2D eigenvalue weighted by molar-refractivity contribution is -0.159. The van der Waals surface area contributed by atoms with Gasteiger partial charge in [0.1, 0.15) is 11.6 Å². The largest absolute Gasteiger partial charge is 0.444 e. The van der Waals surface area contributed by atoms with Crippen LogP contribution in [-0.2, 0) is 20.8 Å². The standard InChI is InChI=1S/C19H24F2N4O4/c1-19(2,3)29-18(27)25-10-13(28-17(20)21)7-15(25)16(26)23-9-12-6-11-8-22-5-4-14(11)24-12/h4-6,8,13,15,17,24H,7,9-10H2,1-3H3,(H,23,26)/t13-,15+/m1/s1. The SMILES string of the molecule is CC(C)(C)OC(=O)N1C[C@H](OC(F)F)C[C@H]1C(=O)NCc1cc2cnccc2[nH]1. The predicted octanol–water partition coefficient (Wildman–Crippen LogP) is 2.80. The Kier molecular flexibility index (Phi) is 6.02. The monoisotopic (exact) mass is 410 g/mol. The minimum absolute atomic E-state index is 0.0357. The molecule has 2 aromatic heterocycles. The lowest BCUT2D eigenvalue weighted by Crippen LogP contribution is -2.47. The zero-order chi connectivity index (χ0) is 21.2. The van der Waals surface area contributed by atoms with Crippen molar-refractivity contribution >= 4 is 22.9 Å². The first-order chi connectivity index (χ1) is 13.6. The van der Waals surface area contributed by atoms with Crippen LogP contribution in [0.5, 0.6) is 0 Å². The number of amides is 2. The summed E-state index contributed by atoms with van der Waals surface area (Å²) in [6, 6.07) is 2.71. The molecule has 1 aliphatic rings. The summed E-state index contributed by atoms with van der Waals surface area (Å²) in [5.74, 6) is -0.465. The van der Waals surface area contributed by atoms with Gasteiger partial charge in [-0.3, -0.25) is 14.7 Å². The summed E-state index contributed by atoms with van der Waals surface area (Å²) in [4.78, 5) is 33.5. The Bertz CT molecular complexity index is 847. The number of nitrogens with zero attached hydrogens (tertiary/aromatic N) is 2. The molecule has 0 aromatic carbocycles. The van der Waals surface area contributed by atoms with Crippen LogP contribution in [-0.4, -0.2) is 57.8 Å². The third kappa shape index (κ3) is 5.41. The fraction of sp³-hybridized carbons (Fsp3) is 0.526. The van der Waals surface area contributed by atoms with Gasteiger partial charge < -0.3 is 19.8 Å². The highest BCUT2D eigenvalue weighted by Crippen LogP contribution is 2.25. The van der Waals surface area contributed by atoms with Crippen LogP contribution < -0.4 is 5.32 Å².